The Balaban J connectivity index is 0.000000151. The van der Waals surface area contributed by atoms with Crippen molar-refractivity contribution in [2.24, 2.45) is 0 Å². The Morgan fingerprint density at radius 3 is 1.52 bits per heavy atom. The van der Waals surface area contributed by atoms with Crippen LogP contribution in [-0.4, -0.2) is 89.9 Å². The van der Waals surface area contributed by atoms with Gasteiger partial charge in [-0.05, 0) is 55.0 Å². The molecule has 2 fully saturated rings. The van der Waals surface area contributed by atoms with Crippen molar-refractivity contribution < 1.29 is 13.2 Å². The molecule has 0 unspecified atom stereocenters. The number of aryl methyl sites for hydroxylation is 1. The zero-order valence-corrected chi connectivity index (χ0v) is 31.5. The summed E-state index contributed by atoms with van der Waals surface area (Å²) in [6, 6.07) is 17.7. The Morgan fingerprint density at radius 2 is 1.03 bits per heavy atom. The number of aromatic nitrogens is 8. The van der Waals surface area contributed by atoms with Gasteiger partial charge in [-0.3, -0.25) is 18.4 Å². The van der Waals surface area contributed by atoms with Crippen molar-refractivity contribution >= 4 is 34.0 Å². The van der Waals surface area contributed by atoms with Gasteiger partial charge in [-0.15, -0.1) is 0 Å². The number of nitrogens with one attached hydrogen (secondary N) is 2. The van der Waals surface area contributed by atoms with Crippen LogP contribution in [0.15, 0.2) is 107 Å². The number of piperazine rings is 2. The van der Waals surface area contributed by atoms with Crippen LogP contribution in [-0.2, 0) is 12.6 Å². The highest BCUT2D eigenvalue weighted by Crippen LogP contribution is 2.29. The van der Waals surface area contributed by atoms with Crippen LogP contribution in [0.4, 0.5) is 24.5 Å². The van der Waals surface area contributed by atoms with Crippen LogP contribution in [0.1, 0.15) is 18.3 Å². The van der Waals surface area contributed by atoms with Crippen molar-refractivity contribution in [3.05, 3.63) is 130 Å². The van der Waals surface area contributed by atoms with Gasteiger partial charge in [-0.25, -0.2) is 19.9 Å². The van der Waals surface area contributed by atoms with E-state index in [1.165, 1.54) is 27.1 Å². The highest BCUT2D eigenvalue weighted by molar-refractivity contribution is 5.65. The molecular weight excluding hydrogens is 750 g/mol. The van der Waals surface area contributed by atoms with Gasteiger partial charge in [0.15, 0.2) is 5.69 Å². The smallest absolute Gasteiger partial charge is 0.368 e. The van der Waals surface area contributed by atoms with Crippen LogP contribution in [0.25, 0.3) is 45.1 Å². The predicted molar refractivity (Wildman–Crippen MR) is 216 cm³/mol. The van der Waals surface area contributed by atoms with Crippen molar-refractivity contribution in [3.63, 3.8) is 0 Å². The molecule has 17 heteroatoms. The van der Waals surface area contributed by atoms with Crippen LogP contribution >= 0.6 is 0 Å². The average molecular weight is 789 g/mol. The van der Waals surface area contributed by atoms with Gasteiger partial charge in [-0.2, -0.15) is 13.2 Å². The number of hydrogen-bond acceptors (Lipinski definition) is 10. The summed E-state index contributed by atoms with van der Waals surface area (Å²) in [6.45, 7) is 9.37. The molecule has 14 nitrogen and oxygen atoms in total. The first-order chi connectivity index (χ1) is 28.1. The lowest BCUT2D eigenvalue weighted by molar-refractivity contribution is -0.140. The number of alkyl halides is 3. The fraction of sp³-hybridized carbons (Fsp3) is 0.268. The summed E-state index contributed by atoms with van der Waals surface area (Å²) in [4.78, 5) is 47.4. The first-order valence-corrected chi connectivity index (χ1v) is 19.1. The van der Waals surface area contributed by atoms with E-state index < -0.39 is 11.9 Å². The lowest BCUT2D eigenvalue weighted by atomic mass is 10.2. The summed E-state index contributed by atoms with van der Waals surface area (Å²) in [5.41, 5.74) is 6.44. The van der Waals surface area contributed by atoms with E-state index in [-0.39, 0.29) is 16.8 Å². The molecule has 8 aromatic rings. The Morgan fingerprint density at radius 1 is 0.569 bits per heavy atom. The molecule has 10 heterocycles. The van der Waals surface area contributed by atoms with E-state index in [0.29, 0.717) is 28.2 Å². The van der Waals surface area contributed by atoms with Gasteiger partial charge < -0.3 is 29.2 Å². The van der Waals surface area contributed by atoms with Gasteiger partial charge in [0, 0.05) is 113 Å². The highest BCUT2D eigenvalue weighted by Gasteiger charge is 2.34. The lowest BCUT2D eigenvalue weighted by Crippen LogP contribution is -2.43. The van der Waals surface area contributed by atoms with Gasteiger partial charge in [-0.1, -0.05) is 6.92 Å². The zero-order chi connectivity index (χ0) is 40.0. The number of rotatable bonds is 5. The number of halogens is 3. The van der Waals surface area contributed by atoms with E-state index in [1.54, 1.807) is 28.8 Å². The van der Waals surface area contributed by atoms with Crippen molar-refractivity contribution in [1.29, 1.82) is 0 Å². The predicted octanol–water partition coefficient (Wildman–Crippen LogP) is 4.42. The molecule has 0 amide bonds. The summed E-state index contributed by atoms with van der Waals surface area (Å²) < 4.78 is 45.1. The molecule has 2 N–H and O–H groups in total. The van der Waals surface area contributed by atoms with E-state index >= 15 is 0 Å². The summed E-state index contributed by atoms with van der Waals surface area (Å²) in [5, 5.41) is 6.64. The number of fused-ring (bicyclic) bond motifs is 4. The minimum absolute atomic E-state index is 0.0723. The fourth-order valence-corrected chi connectivity index (χ4v) is 7.35. The van der Waals surface area contributed by atoms with Gasteiger partial charge >= 0.3 is 6.18 Å². The van der Waals surface area contributed by atoms with E-state index in [9.17, 15) is 22.8 Å². The Bertz CT molecular complexity index is 2920. The molecular formula is C41H39F3N12O2. The second-order valence-electron chi connectivity index (χ2n) is 14.2. The summed E-state index contributed by atoms with van der Waals surface area (Å²) in [5.74, 6) is 0. The summed E-state index contributed by atoms with van der Waals surface area (Å²) >= 11 is 0. The van der Waals surface area contributed by atoms with Crippen LogP contribution in [0, 0.1) is 0 Å². The fourth-order valence-electron chi connectivity index (χ4n) is 7.35. The normalized spacial score (nSPS) is 15.0. The maximum atomic E-state index is 12.9. The summed E-state index contributed by atoms with van der Waals surface area (Å²) in [7, 11) is 0. The van der Waals surface area contributed by atoms with Gasteiger partial charge in [0.25, 0.3) is 11.1 Å². The van der Waals surface area contributed by atoms with Crippen LogP contribution in [0.2, 0.25) is 0 Å². The molecule has 0 radical (unpaired) electrons. The first kappa shape index (κ1) is 37.0. The largest absolute Gasteiger partial charge is 0.434 e. The van der Waals surface area contributed by atoms with Crippen LogP contribution < -0.4 is 31.6 Å². The Hall–Kier alpha value is -6.59. The standard InChI is InChI=1S/C21H22N6O.C20H17F3N6O/c1-2-16-13-26-12-15(3-5-19(26)23-16)18-11-21(28)27-14-17(4-6-20(27)24-18)25-9-7-22-8-10-25;21-20(22,23)16-12-28-10-13(1-3-17(28)26-16)15-9-19(30)29-11-14(2-4-18(29)25-15)27-7-5-24-6-8-27/h3-6,11-14,22H,2,7-10H2,1H3;1-4,9-12,24H,5-8H2. The molecule has 0 spiro atoms. The molecule has 8 aromatic heterocycles. The molecule has 296 valence electrons. The third-order valence-electron chi connectivity index (χ3n) is 10.4. The SMILES string of the molecule is CCc1cn2cc(-c3cc(=O)n4cc(N5CCNCC5)ccc4n3)ccc2n1.O=c1cc(-c2ccc3nc(C(F)(F)F)cn3c2)nc2ccc(N3CCNCC3)cn12. The van der Waals surface area contributed by atoms with Crippen molar-refractivity contribution in [3.8, 4) is 22.5 Å². The summed E-state index contributed by atoms with van der Waals surface area (Å²) in [6.07, 6.45) is 6.45. The molecule has 58 heavy (non-hydrogen) atoms. The topological polar surface area (TPSA) is 134 Å². The molecule has 0 bridgehead atoms. The zero-order valence-electron chi connectivity index (χ0n) is 31.5. The Labute approximate surface area is 328 Å². The third kappa shape index (κ3) is 7.36. The lowest BCUT2D eigenvalue weighted by Gasteiger charge is -2.29. The molecule has 0 aromatic carbocycles. The molecule has 2 aliphatic heterocycles. The molecule has 10 rings (SSSR count). The number of hydrogen-bond donors (Lipinski definition) is 2. The van der Waals surface area contributed by atoms with E-state index in [1.807, 2.05) is 53.3 Å². The average Bonchev–Trinajstić information content (AvgIpc) is 3.89. The molecule has 2 saturated heterocycles. The quantitative estimate of drug-likeness (QED) is 0.259. The van der Waals surface area contributed by atoms with E-state index in [2.05, 4.69) is 42.3 Å². The second-order valence-corrected chi connectivity index (χ2v) is 14.2. The van der Waals surface area contributed by atoms with E-state index in [4.69, 9.17) is 4.98 Å². The van der Waals surface area contributed by atoms with Gasteiger partial charge in [0.05, 0.1) is 28.5 Å². The highest BCUT2D eigenvalue weighted by atomic mass is 19.4. The number of anilines is 2. The van der Waals surface area contributed by atoms with Gasteiger partial charge in [0.1, 0.15) is 22.6 Å². The number of pyridine rings is 4. The molecule has 0 saturated carbocycles. The number of imidazole rings is 2. The molecule has 2 aliphatic rings. The minimum atomic E-state index is -4.52. The monoisotopic (exact) mass is 788 g/mol. The van der Waals surface area contributed by atoms with Crippen molar-refractivity contribution in [2.45, 2.75) is 19.5 Å². The maximum absolute atomic E-state index is 12.9. The van der Waals surface area contributed by atoms with Crippen LogP contribution in [0.5, 0.6) is 0 Å². The minimum Gasteiger partial charge on any atom is -0.368 e. The van der Waals surface area contributed by atoms with Gasteiger partial charge in [0.2, 0.25) is 0 Å². The first-order valence-electron chi connectivity index (χ1n) is 19.1. The molecule has 0 aliphatic carbocycles. The third-order valence-corrected chi connectivity index (χ3v) is 10.4. The van der Waals surface area contributed by atoms with Crippen molar-refractivity contribution in [1.82, 2.24) is 48.2 Å². The number of nitrogens with zero attached hydrogens (tertiary/aromatic N) is 10. The second kappa shape index (κ2) is 15.1. The molecule has 0 atom stereocenters. The Kier molecular flexibility index (Phi) is 9.61. The maximum Gasteiger partial charge on any atom is 0.434 e. The van der Waals surface area contributed by atoms with Crippen LogP contribution in [0.3, 0.4) is 0 Å². The van der Waals surface area contributed by atoms with Crippen molar-refractivity contribution in [2.75, 3.05) is 62.2 Å². The van der Waals surface area contributed by atoms with E-state index in [0.717, 1.165) is 93.3 Å².